The second-order valence-corrected chi connectivity index (χ2v) is 1.47. The fourth-order valence-corrected chi connectivity index (χ4v) is 0.430. The number of aromatic nitrogens is 1. The minimum absolute atomic E-state index is 0. The number of H-pyrrole nitrogens is 1. The molecule has 0 spiro atoms. The van der Waals surface area contributed by atoms with Gasteiger partial charge in [0.25, 0.3) is 0 Å². The van der Waals surface area contributed by atoms with E-state index in [4.69, 9.17) is 11.6 Å². The van der Waals surface area contributed by atoms with Crippen molar-refractivity contribution in [3.63, 3.8) is 0 Å². The van der Waals surface area contributed by atoms with E-state index in [9.17, 15) is 0 Å². The number of rotatable bonds is 0. The Morgan fingerprint density at radius 3 is 2.12 bits per heavy atom. The highest BCUT2D eigenvalue weighted by molar-refractivity contribution is 6.30. The average molecular weight is 174 g/mol. The zero-order chi connectivity index (χ0) is 4.41. The minimum atomic E-state index is 0. The van der Waals surface area contributed by atoms with E-state index in [2.05, 4.69) is 4.98 Å². The third kappa shape index (κ3) is 3.19. The Bertz CT molecular complexity index is 115. The third-order valence-electron chi connectivity index (χ3n) is 0.560. The van der Waals surface area contributed by atoms with Crippen LogP contribution in [0, 0.1) is 0 Å². The van der Waals surface area contributed by atoms with Crippen molar-refractivity contribution < 1.29 is 0 Å². The average Bonchev–Trinajstić information content (AvgIpc) is 1.86. The Morgan fingerprint density at radius 1 is 1.38 bits per heavy atom. The summed E-state index contributed by atoms with van der Waals surface area (Å²) in [6.45, 7) is 0. The molecule has 0 fully saturated rings. The van der Waals surface area contributed by atoms with Crippen molar-refractivity contribution in [1.29, 1.82) is 0 Å². The van der Waals surface area contributed by atoms with Gasteiger partial charge >= 0.3 is 0 Å². The van der Waals surface area contributed by atoms with Gasteiger partial charge in [-0.3, -0.25) is 0 Å². The fourth-order valence-electron chi connectivity index (χ4n) is 0.304. The molecule has 4 heteroatoms. The Hall–Kier alpha value is 0.150. The van der Waals surface area contributed by atoms with Crippen LogP contribution in [-0.2, 0) is 0 Å². The van der Waals surface area contributed by atoms with Crippen LogP contribution in [0.5, 0.6) is 0 Å². The molecule has 1 aromatic heterocycles. The number of hydrogen-bond acceptors (Lipinski definition) is 0. The van der Waals surface area contributed by atoms with Crippen molar-refractivity contribution in [3.8, 4) is 0 Å². The second-order valence-electron chi connectivity index (χ2n) is 1.03. The summed E-state index contributed by atoms with van der Waals surface area (Å²) >= 11 is 5.42. The molecule has 0 saturated heterocycles. The molecule has 1 heterocycles. The van der Waals surface area contributed by atoms with Gasteiger partial charge in [0.15, 0.2) is 0 Å². The van der Waals surface area contributed by atoms with Gasteiger partial charge in [-0.2, -0.15) is 0 Å². The molecule has 0 radical (unpaired) electrons. The van der Waals surface area contributed by atoms with Crippen molar-refractivity contribution in [2.75, 3.05) is 0 Å². The van der Waals surface area contributed by atoms with Gasteiger partial charge in [-0.05, 0) is 6.07 Å². The number of aromatic amines is 1. The molecule has 0 unspecified atom stereocenters. The molecule has 0 aromatic carbocycles. The molecule has 0 atom stereocenters. The van der Waals surface area contributed by atoms with Gasteiger partial charge in [0.2, 0.25) is 0 Å². The summed E-state index contributed by atoms with van der Waals surface area (Å²) in [6, 6.07) is 1.79. The normalized spacial score (nSPS) is 6.62. The van der Waals surface area contributed by atoms with Crippen molar-refractivity contribution >= 4 is 36.4 Å². The van der Waals surface area contributed by atoms with Crippen LogP contribution in [-0.4, -0.2) is 4.98 Å². The van der Waals surface area contributed by atoms with E-state index in [0.717, 1.165) is 5.02 Å². The molecule has 0 bridgehead atoms. The molecule has 0 amide bonds. The first-order chi connectivity index (χ1) is 2.89. The molecule has 1 rings (SSSR count). The van der Waals surface area contributed by atoms with Crippen molar-refractivity contribution in [2.24, 2.45) is 0 Å². The molecule has 0 saturated carbocycles. The monoisotopic (exact) mass is 173 g/mol. The van der Waals surface area contributed by atoms with E-state index < -0.39 is 0 Å². The summed E-state index contributed by atoms with van der Waals surface area (Å²) < 4.78 is 0. The molecule has 1 nitrogen and oxygen atoms in total. The Labute approximate surface area is 65.3 Å². The van der Waals surface area contributed by atoms with E-state index in [1.165, 1.54) is 0 Å². The summed E-state index contributed by atoms with van der Waals surface area (Å²) in [6.07, 6.45) is 3.50. The summed E-state index contributed by atoms with van der Waals surface area (Å²) in [4.78, 5) is 2.80. The lowest BCUT2D eigenvalue weighted by Crippen LogP contribution is -1.41. The predicted octanol–water partition coefficient (Wildman–Crippen LogP) is 2.51. The molecule has 8 heavy (non-hydrogen) atoms. The van der Waals surface area contributed by atoms with Crippen LogP contribution in [0.25, 0.3) is 0 Å². The third-order valence-corrected chi connectivity index (χ3v) is 0.795. The highest BCUT2D eigenvalue weighted by atomic mass is 35.5. The van der Waals surface area contributed by atoms with Crippen molar-refractivity contribution in [3.05, 3.63) is 23.5 Å². The number of hydrogen-bond donors (Lipinski definition) is 1. The fraction of sp³-hybridized carbons (Fsp3) is 0. The van der Waals surface area contributed by atoms with E-state index >= 15 is 0 Å². The maximum absolute atomic E-state index is 5.42. The number of halogens is 3. The highest BCUT2D eigenvalue weighted by Crippen LogP contribution is 2.01. The first kappa shape index (κ1) is 11.0. The molecular formula is C4H6Cl3N. The van der Waals surface area contributed by atoms with Gasteiger partial charge in [-0.25, -0.2) is 0 Å². The summed E-state index contributed by atoms with van der Waals surface area (Å²) in [7, 11) is 0. The van der Waals surface area contributed by atoms with Crippen LogP contribution in [0.4, 0.5) is 0 Å². The zero-order valence-electron chi connectivity index (χ0n) is 3.93. The number of nitrogens with one attached hydrogen (secondary N) is 1. The Morgan fingerprint density at radius 2 is 2.00 bits per heavy atom. The topological polar surface area (TPSA) is 15.8 Å². The summed E-state index contributed by atoms with van der Waals surface area (Å²) in [5.74, 6) is 0. The minimum Gasteiger partial charge on any atom is -0.366 e. The van der Waals surface area contributed by atoms with E-state index in [1.54, 1.807) is 18.5 Å². The summed E-state index contributed by atoms with van der Waals surface area (Å²) in [5, 5.41) is 0.759. The van der Waals surface area contributed by atoms with Gasteiger partial charge < -0.3 is 4.98 Å². The van der Waals surface area contributed by atoms with Crippen LogP contribution < -0.4 is 0 Å². The quantitative estimate of drug-likeness (QED) is 0.622. The first-order valence-electron chi connectivity index (χ1n) is 1.68. The predicted molar refractivity (Wildman–Crippen MR) is 40.3 cm³/mol. The first-order valence-corrected chi connectivity index (χ1v) is 2.05. The molecule has 48 valence electrons. The summed E-state index contributed by atoms with van der Waals surface area (Å²) in [5.41, 5.74) is 0. The maximum Gasteiger partial charge on any atom is 0.0580 e. The van der Waals surface area contributed by atoms with E-state index in [1.807, 2.05) is 0 Å². The molecule has 1 aromatic rings. The largest absolute Gasteiger partial charge is 0.366 e. The van der Waals surface area contributed by atoms with Crippen LogP contribution >= 0.6 is 36.4 Å². The lowest BCUT2D eigenvalue weighted by molar-refractivity contribution is 1.41. The van der Waals surface area contributed by atoms with Crippen LogP contribution in [0.2, 0.25) is 5.02 Å². The van der Waals surface area contributed by atoms with Crippen molar-refractivity contribution in [2.45, 2.75) is 0 Å². The SMILES string of the molecule is Cl.Cl.Clc1cc[nH]c1. The van der Waals surface area contributed by atoms with Gasteiger partial charge in [0.05, 0.1) is 5.02 Å². The van der Waals surface area contributed by atoms with Gasteiger partial charge in [-0.15, -0.1) is 24.8 Å². The van der Waals surface area contributed by atoms with E-state index in [0.29, 0.717) is 0 Å². The van der Waals surface area contributed by atoms with Crippen LogP contribution in [0.15, 0.2) is 18.5 Å². The molecule has 1 N–H and O–H groups in total. The van der Waals surface area contributed by atoms with Crippen LogP contribution in [0.3, 0.4) is 0 Å². The smallest absolute Gasteiger partial charge is 0.0580 e. The van der Waals surface area contributed by atoms with Gasteiger partial charge in [-0.1, -0.05) is 11.6 Å². The maximum atomic E-state index is 5.42. The van der Waals surface area contributed by atoms with Gasteiger partial charge in [0, 0.05) is 12.4 Å². The molecule has 0 aliphatic heterocycles. The second kappa shape index (κ2) is 5.29. The molecular weight excluding hydrogens is 168 g/mol. The Balaban J connectivity index is 0. The standard InChI is InChI=1S/C4H4ClN.2ClH/c5-4-1-2-6-3-4;;/h1-3,6H;2*1H. The van der Waals surface area contributed by atoms with Gasteiger partial charge in [0.1, 0.15) is 0 Å². The zero-order valence-corrected chi connectivity index (χ0v) is 6.32. The van der Waals surface area contributed by atoms with Crippen LogP contribution in [0.1, 0.15) is 0 Å². The van der Waals surface area contributed by atoms with E-state index in [-0.39, 0.29) is 24.8 Å². The highest BCUT2D eigenvalue weighted by Gasteiger charge is 1.76. The molecule has 0 aliphatic carbocycles. The molecule has 0 aliphatic rings. The lowest BCUT2D eigenvalue weighted by Gasteiger charge is -1.62. The van der Waals surface area contributed by atoms with Crippen molar-refractivity contribution in [1.82, 2.24) is 4.98 Å². The lowest BCUT2D eigenvalue weighted by atomic mass is 10.7. The Kier molecular flexibility index (Phi) is 7.28.